The van der Waals surface area contributed by atoms with Crippen molar-refractivity contribution in [2.24, 2.45) is 0 Å². The molecule has 4 rings (SSSR count). The number of alkyl halides is 2. The van der Waals surface area contributed by atoms with E-state index in [1.807, 2.05) is 0 Å². The summed E-state index contributed by atoms with van der Waals surface area (Å²) in [7, 11) is 0. The van der Waals surface area contributed by atoms with Crippen LogP contribution in [0.25, 0.3) is 0 Å². The zero-order valence-electron chi connectivity index (χ0n) is 14.0. The number of hydrogen-bond acceptors (Lipinski definition) is 4. The van der Waals surface area contributed by atoms with Crippen LogP contribution in [-0.2, 0) is 17.8 Å². The number of likely N-dealkylation sites (tertiary alicyclic amines) is 1. The van der Waals surface area contributed by atoms with Crippen LogP contribution in [0.15, 0.2) is 17.1 Å². The van der Waals surface area contributed by atoms with Gasteiger partial charge in [0.15, 0.2) is 0 Å². The van der Waals surface area contributed by atoms with Crippen LogP contribution in [0.5, 0.6) is 0 Å². The molecule has 0 bridgehead atoms. The lowest BCUT2D eigenvalue weighted by Gasteiger charge is -2.41. The Balaban J connectivity index is 1.62. The SMILES string of the molecule is O=C(C1CCCc2nn(Cc3ncc(Cl)cc3Cl)c(=O)n21)N1CC(F)(F)C1. The van der Waals surface area contributed by atoms with Crippen LogP contribution in [0.4, 0.5) is 8.78 Å². The average Bonchev–Trinajstić information content (AvgIpc) is 2.90. The fourth-order valence-electron chi connectivity index (χ4n) is 3.45. The second-order valence-electron chi connectivity index (χ2n) is 6.77. The van der Waals surface area contributed by atoms with Crippen molar-refractivity contribution in [1.29, 1.82) is 0 Å². The van der Waals surface area contributed by atoms with Gasteiger partial charge in [-0.2, -0.15) is 5.10 Å². The molecule has 2 aliphatic rings. The molecular formula is C16H15Cl2F2N5O2. The first-order valence-corrected chi connectivity index (χ1v) is 9.15. The highest BCUT2D eigenvalue weighted by molar-refractivity contribution is 6.34. The van der Waals surface area contributed by atoms with Gasteiger partial charge in [0.05, 0.1) is 35.4 Å². The molecule has 1 unspecified atom stereocenters. The van der Waals surface area contributed by atoms with Crippen LogP contribution in [0.2, 0.25) is 10.0 Å². The number of nitrogens with zero attached hydrogens (tertiary/aromatic N) is 5. The van der Waals surface area contributed by atoms with Crippen LogP contribution in [0.3, 0.4) is 0 Å². The zero-order chi connectivity index (χ0) is 19.3. The molecule has 27 heavy (non-hydrogen) atoms. The first-order valence-electron chi connectivity index (χ1n) is 8.40. The van der Waals surface area contributed by atoms with E-state index in [1.165, 1.54) is 21.5 Å². The lowest BCUT2D eigenvalue weighted by atomic mass is 10.0. The summed E-state index contributed by atoms with van der Waals surface area (Å²) in [5, 5.41) is 4.96. The number of carbonyl (C=O) groups is 1. The first kappa shape index (κ1) is 18.4. The van der Waals surface area contributed by atoms with Gasteiger partial charge in [0.25, 0.3) is 5.92 Å². The van der Waals surface area contributed by atoms with Gasteiger partial charge in [-0.3, -0.25) is 14.3 Å². The Morgan fingerprint density at radius 2 is 2.07 bits per heavy atom. The zero-order valence-corrected chi connectivity index (χ0v) is 15.6. The van der Waals surface area contributed by atoms with Crippen molar-refractivity contribution in [3.05, 3.63) is 44.3 Å². The van der Waals surface area contributed by atoms with Crippen molar-refractivity contribution >= 4 is 29.1 Å². The molecule has 0 aliphatic carbocycles. The number of aromatic nitrogens is 4. The van der Waals surface area contributed by atoms with Crippen molar-refractivity contribution < 1.29 is 13.6 Å². The van der Waals surface area contributed by atoms with E-state index < -0.39 is 36.7 Å². The third kappa shape index (κ3) is 3.34. The van der Waals surface area contributed by atoms with Crippen LogP contribution in [-0.4, -0.2) is 49.2 Å². The highest BCUT2D eigenvalue weighted by Gasteiger charge is 2.48. The molecule has 4 heterocycles. The largest absolute Gasteiger partial charge is 0.347 e. The van der Waals surface area contributed by atoms with Gasteiger partial charge in [0, 0.05) is 12.6 Å². The molecule has 0 saturated carbocycles. The summed E-state index contributed by atoms with van der Waals surface area (Å²) in [4.78, 5) is 30.6. The molecule has 144 valence electrons. The van der Waals surface area contributed by atoms with Gasteiger partial charge in [0.2, 0.25) is 5.91 Å². The molecule has 1 amide bonds. The summed E-state index contributed by atoms with van der Waals surface area (Å²) in [6, 6.07) is 0.711. The number of carbonyl (C=O) groups excluding carboxylic acids is 1. The van der Waals surface area contributed by atoms with Crippen LogP contribution < -0.4 is 5.69 Å². The number of fused-ring (bicyclic) bond motifs is 1. The molecule has 0 spiro atoms. The minimum atomic E-state index is -2.85. The van der Waals surface area contributed by atoms with Crippen molar-refractivity contribution in [1.82, 2.24) is 24.2 Å². The molecule has 0 aromatic carbocycles. The number of amides is 1. The monoisotopic (exact) mass is 417 g/mol. The molecule has 1 fully saturated rings. The lowest BCUT2D eigenvalue weighted by Crippen LogP contribution is -2.60. The highest BCUT2D eigenvalue weighted by Crippen LogP contribution is 2.31. The van der Waals surface area contributed by atoms with E-state index >= 15 is 0 Å². The number of rotatable bonds is 3. The number of pyridine rings is 1. The molecule has 0 N–H and O–H groups in total. The minimum absolute atomic E-state index is 0.0253. The van der Waals surface area contributed by atoms with E-state index in [-0.39, 0.29) is 6.54 Å². The number of aryl methyl sites for hydroxylation is 1. The Bertz CT molecular complexity index is 966. The second kappa shape index (κ2) is 6.56. The van der Waals surface area contributed by atoms with Gasteiger partial charge in [-0.1, -0.05) is 23.2 Å². The molecule has 7 nitrogen and oxygen atoms in total. The van der Waals surface area contributed by atoms with Crippen molar-refractivity contribution in [3.63, 3.8) is 0 Å². The predicted octanol–water partition coefficient (Wildman–Crippen LogP) is 2.15. The maximum absolute atomic E-state index is 13.1. The fourth-order valence-corrected chi connectivity index (χ4v) is 3.89. The Hall–Kier alpha value is -2.00. The number of hydrogen-bond donors (Lipinski definition) is 0. The Labute approximate surface area is 162 Å². The van der Waals surface area contributed by atoms with E-state index in [0.29, 0.717) is 40.8 Å². The van der Waals surface area contributed by atoms with Gasteiger partial charge in [0.1, 0.15) is 11.9 Å². The van der Waals surface area contributed by atoms with Crippen LogP contribution in [0, 0.1) is 0 Å². The summed E-state index contributed by atoms with van der Waals surface area (Å²) in [6.45, 7) is -1.19. The van der Waals surface area contributed by atoms with E-state index in [0.717, 1.165) is 4.90 Å². The summed E-state index contributed by atoms with van der Waals surface area (Å²) < 4.78 is 28.7. The van der Waals surface area contributed by atoms with Gasteiger partial charge in [-0.25, -0.2) is 18.3 Å². The van der Waals surface area contributed by atoms with Gasteiger partial charge in [-0.05, 0) is 18.9 Å². The summed E-state index contributed by atoms with van der Waals surface area (Å²) in [6.07, 6.45) is 3.01. The summed E-state index contributed by atoms with van der Waals surface area (Å²) in [5.74, 6) is -2.85. The molecule has 2 aromatic rings. The quantitative estimate of drug-likeness (QED) is 0.766. The molecular weight excluding hydrogens is 403 g/mol. The predicted molar refractivity (Wildman–Crippen MR) is 93.3 cm³/mol. The third-order valence-electron chi connectivity index (χ3n) is 4.76. The second-order valence-corrected chi connectivity index (χ2v) is 7.61. The van der Waals surface area contributed by atoms with Crippen molar-refractivity contribution in [2.75, 3.05) is 13.1 Å². The molecule has 1 saturated heterocycles. The molecule has 1 atom stereocenters. The van der Waals surface area contributed by atoms with Crippen molar-refractivity contribution in [2.45, 2.75) is 37.8 Å². The molecule has 2 aliphatic heterocycles. The van der Waals surface area contributed by atoms with Gasteiger partial charge >= 0.3 is 5.69 Å². The topological polar surface area (TPSA) is 73.0 Å². The van der Waals surface area contributed by atoms with E-state index in [1.54, 1.807) is 0 Å². The molecule has 0 radical (unpaired) electrons. The Morgan fingerprint density at radius 3 is 2.74 bits per heavy atom. The lowest BCUT2D eigenvalue weighted by molar-refractivity contribution is -0.169. The minimum Gasteiger partial charge on any atom is -0.329 e. The Morgan fingerprint density at radius 1 is 1.33 bits per heavy atom. The summed E-state index contributed by atoms with van der Waals surface area (Å²) in [5.41, 5.74) is -0.0629. The smallest absolute Gasteiger partial charge is 0.329 e. The fraction of sp³-hybridized carbons (Fsp3) is 0.500. The van der Waals surface area contributed by atoms with E-state index in [4.69, 9.17) is 23.2 Å². The molecule has 11 heteroatoms. The average molecular weight is 418 g/mol. The highest BCUT2D eigenvalue weighted by atomic mass is 35.5. The normalized spacial score (nSPS) is 20.9. The maximum Gasteiger partial charge on any atom is 0.347 e. The van der Waals surface area contributed by atoms with Gasteiger partial charge in [-0.15, -0.1) is 0 Å². The van der Waals surface area contributed by atoms with Crippen LogP contribution in [0.1, 0.15) is 30.4 Å². The van der Waals surface area contributed by atoms with E-state index in [2.05, 4.69) is 10.1 Å². The Kier molecular flexibility index (Phi) is 4.46. The van der Waals surface area contributed by atoms with Crippen LogP contribution >= 0.6 is 23.2 Å². The third-order valence-corrected chi connectivity index (χ3v) is 5.29. The maximum atomic E-state index is 13.1. The van der Waals surface area contributed by atoms with Gasteiger partial charge < -0.3 is 4.90 Å². The first-order chi connectivity index (χ1) is 12.7. The number of halogens is 4. The van der Waals surface area contributed by atoms with E-state index in [9.17, 15) is 18.4 Å². The summed E-state index contributed by atoms with van der Waals surface area (Å²) >= 11 is 11.9. The standard InChI is InChI=1S/C16H15Cl2F2N5O2/c17-9-4-10(18)11(21-5-9)6-24-15(27)25-12(2-1-3-13(25)22-24)14(26)23-7-16(19,20)8-23/h4-5,12H,1-3,6-8H2. The molecule has 2 aromatic heterocycles. The van der Waals surface area contributed by atoms with Crippen molar-refractivity contribution in [3.8, 4) is 0 Å².